The maximum atomic E-state index is 11.1. The van der Waals surface area contributed by atoms with E-state index in [1.165, 1.54) is 46.2 Å². The Labute approximate surface area is 184 Å². The minimum atomic E-state index is -0.902. The minimum Gasteiger partial charge on any atom is -0.478 e. The third kappa shape index (κ3) is 4.07. The maximum Gasteiger partial charge on any atom is 0.335 e. The molecule has 2 aromatic carbocycles. The quantitative estimate of drug-likeness (QED) is 0.519. The van der Waals surface area contributed by atoms with Gasteiger partial charge in [0.05, 0.1) is 12.1 Å². The van der Waals surface area contributed by atoms with Gasteiger partial charge in [-0.15, -0.1) is 0 Å². The average Bonchev–Trinajstić information content (AvgIpc) is 3.24. The molecular formula is C27H30N2O2. The molecular weight excluding hydrogens is 384 g/mol. The van der Waals surface area contributed by atoms with Crippen molar-refractivity contribution in [2.24, 2.45) is 0 Å². The molecule has 3 aromatic rings. The van der Waals surface area contributed by atoms with E-state index in [1.54, 1.807) is 12.1 Å². The topological polar surface area (TPSA) is 55.1 Å². The van der Waals surface area contributed by atoms with Crippen LogP contribution in [0.5, 0.6) is 0 Å². The van der Waals surface area contributed by atoms with Crippen LogP contribution in [0.1, 0.15) is 76.0 Å². The molecule has 31 heavy (non-hydrogen) atoms. The molecule has 0 spiro atoms. The average molecular weight is 415 g/mol. The number of hydrogen-bond donors (Lipinski definition) is 1. The van der Waals surface area contributed by atoms with E-state index >= 15 is 0 Å². The number of hydrogen-bond acceptors (Lipinski definition) is 2. The standard InChI is InChI=1S/C27H30N2O2/c1-18-22(13-10-20-8-11-21(12-9-20)26(30)31)24(17-29-16-6-15-28-29)19(2)25-23(18)7-5-14-27(25,3)4/h6,8-13,15-16H,5,7,14,17H2,1-4H3,(H,30,31)/b13-10+. The number of carboxylic acid groups (broad SMARTS) is 1. The van der Waals surface area contributed by atoms with E-state index in [1.807, 2.05) is 35.3 Å². The lowest BCUT2D eigenvalue weighted by Gasteiger charge is -2.37. The highest BCUT2D eigenvalue weighted by molar-refractivity contribution is 5.88. The smallest absolute Gasteiger partial charge is 0.335 e. The molecule has 0 aliphatic heterocycles. The zero-order valence-corrected chi connectivity index (χ0v) is 18.8. The highest BCUT2D eigenvalue weighted by Crippen LogP contribution is 2.43. The van der Waals surface area contributed by atoms with Gasteiger partial charge in [0.25, 0.3) is 0 Å². The van der Waals surface area contributed by atoms with E-state index in [-0.39, 0.29) is 5.41 Å². The van der Waals surface area contributed by atoms with Crippen LogP contribution in [0.15, 0.2) is 42.7 Å². The van der Waals surface area contributed by atoms with Crippen molar-refractivity contribution < 1.29 is 9.90 Å². The van der Waals surface area contributed by atoms with Crippen molar-refractivity contribution in [2.75, 3.05) is 0 Å². The predicted molar refractivity (Wildman–Crippen MR) is 126 cm³/mol. The van der Waals surface area contributed by atoms with Gasteiger partial charge in [-0.2, -0.15) is 5.10 Å². The first kappa shape index (κ1) is 21.1. The van der Waals surface area contributed by atoms with E-state index in [4.69, 9.17) is 5.11 Å². The van der Waals surface area contributed by atoms with Gasteiger partial charge >= 0.3 is 5.97 Å². The summed E-state index contributed by atoms with van der Waals surface area (Å²) in [5.74, 6) is -0.902. The van der Waals surface area contributed by atoms with Gasteiger partial charge in [0.15, 0.2) is 0 Å². The van der Waals surface area contributed by atoms with Crippen LogP contribution in [-0.4, -0.2) is 20.9 Å². The number of fused-ring (bicyclic) bond motifs is 1. The Morgan fingerprint density at radius 2 is 1.90 bits per heavy atom. The van der Waals surface area contributed by atoms with Crippen molar-refractivity contribution >= 4 is 18.1 Å². The first-order chi connectivity index (χ1) is 14.8. The third-order valence-electron chi connectivity index (χ3n) is 6.70. The van der Waals surface area contributed by atoms with Crippen LogP contribution in [0.2, 0.25) is 0 Å². The number of nitrogens with zero attached hydrogens (tertiary/aromatic N) is 2. The summed E-state index contributed by atoms with van der Waals surface area (Å²) >= 11 is 0. The fourth-order valence-electron chi connectivity index (χ4n) is 5.12. The summed E-state index contributed by atoms with van der Waals surface area (Å²) in [6, 6.07) is 8.98. The summed E-state index contributed by atoms with van der Waals surface area (Å²) in [6.45, 7) is 9.99. The second-order valence-electron chi connectivity index (χ2n) is 9.20. The van der Waals surface area contributed by atoms with Crippen LogP contribution in [-0.2, 0) is 18.4 Å². The summed E-state index contributed by atoms with van der Waals surface area (Å²) in [5, 5.41) is 13.6. The van der Waals surface area contributed by atoms with E-state index in [2.05, 4.69) is 44.9 Å². The van der Waals surface area contributed by atoms with Crippen molar-refractivity contribution in [2.45, 2.75) is 58.9 Å². The molecule has 4 nitrogen and oxygen atoms in total. The van der Waals surface area contributed by atoms with Crippen molar-refractivity contribution in [1.29, 1.82) is 0 Å². The number of aromatic nitrogens is 2. The van der Waals surface area contributed by atoms with Gasteiger partial charge in [0, 0.05) is 12.4 Å². The summed E-state index contributed by atoms with van der Waals surface area (Å²) < 4.78 is 1.99. The van der Waals surface area contributed by atoms with Gasteiger partial charge in [-0.3, -0.25) is 4.68 Å². The summed E-state index contributed by atoms with van der Waals surface area (Å²) in [7, 11) is 0. The number of rotatable bonds is 5. The fourth-order valence-corrected chi connectivity index (χ4v) is 5.12. The molecule has 0 fully saturated rings. The summed E-state index contributed by atoms with van der Waals surface area (Å²) in [4.78, 5) is 11.1. The largest absolute Gasteiger partial charge is 0.478 e. The molecule has 4 heteroatoms. The molecule has 0 atom stereocenters. The van der Waals surface area contributed by atoms with Crippen LogP contribution in [0.25, 0.3) is 12.2 Å². The van der Waals surface area contributed by atoms with Crippen LogP contribution in [0.4, 0.5) is 0 Å². The monoisotopic (exact) mass is 414 g/mol. The van der Waals surface area contributed by atoms with E-state index in [9.17, 15) is 4.79 Å². The maximum absolute atomic E-state index is 11.1. The predicted octanol–water partition coefficient (Wildman–Crippen LogP) is 6.03. The molecule has 1 aromatic heterocycles. The lowest BCUT2D eigenvalue weighted by atomic mass is 9.68. The second-order valence-corrected chi connectivity index (χ2v) is 9.20. The molecule has 1 heterocycles. The third-order valence-corrected chi connectivity index (χ3v) is 6.70. The van der Waals surface area contributed by atoms with Gasteiger partial charge in [-0.25, -0.2) is 4.79 Å². The van der Waals surface area contributed by atoms with Gasteiger partial charge in [-0.05, 0) is 95.7 Å². The van der Waals surface area contributed by atoms with E-state index in [0.717, 1.165) is 18.5 Å². The molecule has 0 radical (unpaired) electrons. The van der Waals surface area contributed by atoms with E-state index < -0.39 is 5.97 Å². The van der Waals surface area contributed by atoms with Crippen LogP contribution in [0, 0.1) is 13.8 Å². The zero-order valence-electron chi connectivity index (χ0n) is 18.8. The van der Waals surface area contributed by atoms with Crippen molar-refractivity contribution in [3.8, 4) is 0 Å². The molecule has 0 unspecified atom stereocenters. The summed E-state index contributed by atoms with van der Waals surface area (Å²) in [5.41, 5.74) is 9.79. The van der Waals surface area contributed by atoms with Crippen molar-refractivity contribution in [3.05, 3.63) is 87.2 Å². The first-order valence-corrected chi connectivity index (χ1v) is 10.9. The molecule has 1 aliphatic rings. The molecule has 0 amide bonds. The second kappa shape index (κ2) is 8.18. The van der Waals surface area contributed by atoms with E-state index in [0.29, 0.717) is 5.56 Å². The van der Waals surface area contributed by atoms with Gasteiger partial charge in [0.2, 0.25) is 0 Å². The van der Waals surface area contributed by atoms with Gasteiger partial charge in [0.1, 0.15) is 0 Å². The van der Waals surface area contributed by atoms with Crippen LogP contribution < -0.4 is 0 Å². The van der Waals surface area contributed by atoms with Crippen molar-refractivity contribution in [3.63, 3.8) is 0 Å². The number of benzene rings is 2. The molecule has 0 saturated carbocycles. The molecule has 0 saturated heterocycles. The fraction of sp³-hybridized carbons (Fsp3) is 0.333. The Bertz CT molecular complexity index is 1140. The van der Waals surface area contributed by atoms with Gasteiger partial charge in [-0.1, -0.05) is 38.1 Å². The molecule has 160 valence electrons. The zero-order chi connectivity index (χ0) is 22.2. The van der Waals surface area contributed by atoms with Crippen molar-refractivity contribution in [1.82, 2.24) is 9.78 Å². The molecule has 4 rings (SSSR count). The number of aromatic carboxylic acids is 1. The highest BCUT2D eigenvalue weighted by Gasteiger charge is 2.32. The Morgan fingerprint density at radius 1 is 1.16 bits per heavy atom. The number of carboxylic acids is 1. The molecule has 1 aliphatic carbocycles. The minimum absolute atomic E-state index is 0.177. The lowest BCUT2D eigenvalue weighted by Crippen LogP contribution is -2.27. The Morgan fingerprint density at radius 3 is 2.55 bits per heavy atom. The van der Waals surface area contributed by atoms with Crippen LogP contribution >= 0.6 is 0 Å². The summed E-state index contributed by atoms with van der Waals surface area (Å²) in [6.07, 6.45) is 11.7. The van der Waals surface area contributed by atoms with Crippen LogP contribution in [0.3, 0.4) is 0 Å². The number of carbonyl (C=O) groups is 1. The first-order valence-electron chi connectivity index (χ1n) is 10.9. The lowest BCUT2D eigenvalue weighted by molar-refractivity contribution is 0.0697. The molecule has 0 bridgehead atoms. The SMILES string of the molecule is Cc1c(/C=C/c2ccc(C(=O)O)cc2)c(Cn2cccn2)c(C)c2c1CCCC2(C)C. The Balaban J connectivity index is 1.83. The van der Waals surface area contributed by atoms with Gasteiger partial charge < -0.3 is 5.11 Å². The Hall–Kier alpha value is -3.14. The Kier molecular flexibility index (Phi) is 5.57. The highest BCUT2D eigenvalue weighted by atomic mass is 16.4. The molecule has 1 N–H and O–H groups in total. The normalized spacial score (nSPS) is 15.2.